The molecule has 29 heavy (non-hydrogen) atoms. The molecule has 0 fully saturated rings. The number of anilines is 2. The monoisotopic (exact) mass is 414 g/mol. The van der Waals surface area contributed by atoms with Crippen molar-refractivity contribution in [1.29, 1.82) is 0 Å². The Morgan fingerprint density at radius 1 is 0.759 bits per heavy atom. The van der Waals surface area contributed by atoms with Gasteiger partial charge in [-0.1, -0.05) is 12.1 Å². The molecule has 148 valence electrons. The van der Waals surface area contributed by atoms with E-state index in [1.54, 1.807) is 0 Å². The molecule has 0 atom stereocenters. The minimum absolute atomic E-state index is 0.0123. The molecule has 0 unspecified atom stereocenters. The first kappa shape index (κ1) is 20.2. The van der Waals surface area contributed by atoms with Gasteiger partial charge in [-0.05, 0) is 72.3 Å². The van der Waals surface area contributed by atoms with Crippen LogP contribution in [0.15, 0.2) is 83.8 Å². The molecular formula is C21H16F2N2O3S. The lowest BCUT2D eigenvalue weighted by molar-refractivity contribution is -0.111. The van der Waals surface area contributed by atoms with Crippen molar-refractivity contribution in [1.82, 2.24) is 0 Å². The fourth-order valence-corrected chi connectivity index (χ4v) is 3.44. The molecule has 0 spiro atoms. The topological polar surface area (TPSA) is 75.3 Å². The van der Waals surface area contributed by atoms with Crippen LogP contribution in [-0.4, -0.2) is 14.3 Å². The van der Waals surface area contributed by atoms with Gasteiger partial charge in [0.15, 0.2) is 0 Å². The molecule has 0 radical (unpaired) electrons. The summed E-state index contributed by atoms with van der Waals surface area (Å²) in [5.41, 5.74) is 1.30. The van der Waals surface area contributed by atoms with Gasteiger partial charge in [-0.15, -0.1) is 0 Å². The van der Waals surface area contributed by atoms with Gasteiger partial charge in [0.05, 0.1) is 4.90 Å². The Morgan fingerprint density at radius 2 is 1.28 bits per heavy atom. The summed E-state index contributed by atoms with van der Waals surface area (Å²) < 4.78 is 52.9. The second-order valence-corrected chi connectivity index (χ2v) is 7.69. The second-order valence-electron chi connectivity index (χ2n) is 6.01. The summed E-state index contributed by atoms with van der Waals surface area (Å²) in [5.74, 6) is -1.26. The van der Waals surface area contributed by atoms with Crippen molar-refractivity contribution in [2.24, 2.45) is 0 Å². The van der Waals surface area contributed by atoms with E-state index in [0.717, 1.165) is 12.1 Å². The quantitative estimate of drug-likeness (QED) is 0.587. The van der Waals surface area contributed by atoms with E-state index in [4.69, 9.17) is 0 Å². The van der Waals surface area contributed by atoms with Gasteiger partial charge in [-0.25, -0.2) is 17.2 Å². The molecule has 3 rings (SSSR count). The molecule has 5 nitrogen and oxygen atoms in total. The molecule has 3 aromatic rings. The van der Waals surface area contributed by atoms with Crippen LogP contribution in [0.3, 0.4) is 0 Å². The van der Waals surface area contributed by atoms with Gasteiger partial charge in [0.2, 0.25) is 5.91 Å². The molecule has 0 bridgehead atoms. The van der Waals surface area contributed by atoms with Gasteiger partial charge >= 0.3 is 0 Å². The van der Waals surface area contributed by atoms with Gasteiger partial charge in [0.25, 0.3) is 10.0 Å². The molecule has 0 heterocycles. The fourth-order valence-electron chi connectivity index (χ4n) is 2.38. The number of rotatable bonds is 6. The highest BCUT2D eigenvalue weighted by atomic mass is 32.2. The first-order valence-corrected chi connectivity index (χ1v) is 9.93. The molecule has 0 aliphatic rings. The molecular weight excluding hydrogens is 398 g/mol. The molecule has 0 aliphatic carbocycles. The van der Waals surface area contributed by atoms with Crippen LogP contribution in [0.4, 0.5) is 20.2 Å². The normalized spacial score (nSPS) is 11.4. The lowest BCUT2D eigenvalue weighted by Gasteiger charge is -2.09. The van der Waals surface area contributed by atoms with E-state index in [-0.39, 0.29) is 16.4 Å². The Morgan fingerprint density at radius 3 is 1.86 bits per heavy atom. The Labute approximate surface area is 166 Å². The highest BCUT2D eigenvalue weighted by Crippen LogP contribution is 2.18. The van der Waals surface area contributed by atoms with E-state index >= 15 is 0 Å². The lowest BCUT2D eigenvalue weighted by atomic mass is 10.2. The zero-order valence-corrected chi connectivity index (χ0v) is 15.8. The number of amides is 1. The van der Waals surface area contributed by atoms with E-state index in [9.17, 15) is 22.0 Å². The SMILES string of the molecule is O=C(/C=C/c1ccc(F)cc1)Nc1ccc(S(=O)(=O)Nc2ccc(F)cc2)cc1. The van der Waals surface area contributed by atoms with E-state index < -0.39 is 21.7 Å². The van der Waals surface area contributed by atoms with Crippen molar-refractivity contribution in [3.05, 3.63) is 96.1 Å². The van der Waals surface area contributed by atoms with Crippen LogP contribution in [0.5, 0.6) is 0 Å². The maximum absolute atomic E-state index is 12.9. The number of carbonyl (C=O) groups excluding carboxylic acids is 1. The second kappa shape index (κ2) is 8.66. The molecule has 3 aromatic carbocycles. The Kier molecular flexibility index (Phi) is 6.04. The third-order valence-electron chi connectivity index (χ3n) is 3.83. The molecule has 0 aromatic heterocycles. The van der Waals surface area contributed by atoms with Gasteiger partial charge < -0.3 is 5.32 Å². The van der Waals surface area contributed by atoms with Crippen molar-refractivity contribution >= 4 is 33.4 Å². The summed E-state index contributed by atoms with van der Waals surface area (Å²) in [5, 5.41) is 2.60. The molecule has 0 aliphatic heterocycles. The van der Waals surface area contributed by atoms with Crippen molar-refractivity contribution in [2.45, 2.75) is 4.90 Å². The van der Waals surface area contributed by atoms with Crippen LogP contribution >= 0.6 is 0 Å². The Bertz CT molecular complexity index is 1130. The lowest BCUT2D eigenvalue weighted by Crippen LogP contribution is -2.13. The summed E-state index contributed by atoms with van der Waals surface area (Å²) in [6.07, 6.45) is 2.81. The van der Waals surface area contributed by atoms with Crippen LogP contribution in [0.25, 0.3) is 6.08 Å². The van der Waals surface area contributed by atoms with Crippen LogP contribution < -0.4 is 10.0 Å². The number of hydrogen-bond donors (Lipinski definition) is 2. The van der Waals surface area contributed by atoms with Crippen molar-refractivity contribution in [2.75, 3.05) is 10.0 Å². The van der Waals surface area contributed by atoms with Gasteiger partial charge in [-0.3, -0.25) is 9.52 Å². The first-order valence-electron chi connectivity index (χ1n) is 8.45. The van der Waals surface area contributed by atoms with Crippen LogP contribution in [0.1, 0.15) is 5.56 Å². The van der Waals surface area contributed by atoms with Crippen LogP contribution in [0.2, 0.25) is 0 Å². The first-order chi connectivity index (χ1) is 13.8. The smallest absolute Gasteiger partial charge is 0.261 e. The average Bonchev–Trinajstić information content (AvgIpc) is 2.70. The van der Waals surface area contributed by atoms with Crippen molar-refractivity contribution in [3.63, 3.8) is 0 Å². The molecule has 0 saturated carbocycles. The largest absolute Gasteiger partial charge is 0.323 e. The Hall–Kier alpha value is -3.52. The molecule has 2 N–H and O–H groups in total. The molecule has 1 amide bonds. The summed E-state index contributed by atoms with van der Waals surface area (Å²) in [7, 11) is -3.85. The van der Waals surface area contributed by atoms with Crippen molar-refractivity contribution < 1.29 is 22.0 Å². The number of benzene rings is 3. The van der Waals surface area contributed by atoms with Gasteiger partial charge in [-0.2, -0.15) is 0 Å². The minimum atomic E-state index is -3.85. The maximum atomic E-state index is 12.9. The van der Waals surface area contributed by atoms with Gasteiger partial charge in [0, 0.05) is 17.5 Å². The fraction of sp³-hybridized carbons (Fsp3) is 0. The van der Waals surface area contributed by atoms with Crippen LogP contribution in [-0.2, 0) is 14.8 Å². The number of hydrogen-bond acceptors (Lipinski definition) is 3. The van der Waals surface area contributed by atoms with E-state index in [2.05, 4.69) is 10.0 Å². The number of sulfonamides is 1. The summed E-state index contributed by atoms with van der Waals surface area (Å²) >= 11 is 0. The molecule has 8 heteroatoms. The number of halogens is 2. The minimum Gasteiger partial charge on any atom is -0.323 e. The zero-order valence-electron chi connectivity index (χ0n) is 15.0. The van der Waals surface area contributed by atoms with Crippen LogP contribution in [0, 0.1) is 11.6 Å². The third-order valence-corrected chi connectivity index (χ3v) is 5.22. The average molecular weight is 414 g/mol. The Balaban J connectivity index is 1.63. The third kappa shape index (κ3) is 5.73. The zero-order chi connectivity index (χ0) is 20.9. The standard InChI is InChI=1S/C21H16F2N2O3S/c22-16-4-1-15(2-5-16)3-14-21(26)24-18-10-12-20(13-11-18)29(27,28)25-19-8-6-17(23)7-9-19/h1-14,25H,(H,24,26)/b14-3+. The van der Waals surface area contributed by atoms with E-state index in [1.165, 1.54) is 72.8 Å². The van der Waals surface area contributed by atoms with E-state index in [0.29, 0.717) is 11.3 Å². The predicted octanol–water partition coefficient (Wildman–Crippen LogP) is 4.42. The molecule has 0 saturated heterocycles. The van der Waals surface area contributed by atoms with E-state index in [1.807, 2.05) is 0 Å². The number of nitrogens with one attached hydrogen (secondary N) is 2. The predicted molar refractivity (Wildman–Crippen MR) is 108 cm³/mol. The van der Waals surface area contributed by atoms with Gasteiger partial charge in [0.1, 0.15) is 11.6 Å². The maximum Gasteiger partial charge on any atom is 0.261 e. The summed E-state index contributed by atoms with van der Waals surface area (Å²) in [6, 6.07) is 16.1. The summed E-state index contributed by atoms with van der Waals surface area (Å²) in [4.78, 5) is 12.0. The summed E-state index contributed by atoms with van der Waals surface area (Å²) in [6.45, 7) is 0. The highest BCUT2D eigenvalue weighted by Gasteiger charge is 2.14. The highest BCUT2D eigenvalue weighted by molar-refractivity contribution is 7.92. The number of carbonyl (C=O) groups is 1. The van der Waals surface area contributed by atoms with Crippen molar-refractivity contribution in [3.8, 4) is 0 Å².